The largest absolute Gasteiger partial charge is 0.452 e. The first-order valence-corrected chi connectivity index (χ1v) is 7.01. The fourth-order valence-electron chi connectivity index (χ4n) is 2.13. The van der Waals surface area contributed by atoms with Gasteiger partial charge in [-0.3, -0.25) is 9.59 Å². The van der Waals surface area contributed by atoms with Crippen LogP contribution in [0.2, 0.25) is 0 Å². The minimum Gasteiger partial charge on any atom is -0.452 e. The lowest BCUT2D eigenvalue weighted by atomic mass is 10.1. The summed E-state index contributed by atoms with van der Waals surface area (Å²) in [5.41, 5.74) is 1.36. The Kier molecular flexibility index (Phi) is 3.74. The second-order valence-corrected chi connectivity index (χ2v) is 4.84. The summed E-state index contributed by atoms with van der Waals surface area (Å²) in [5, 5.41) is 0. The number of Topliss-reactive ketones (excluding diaryl/α,β-unsaturated/α-hetero) is 1. The summed E-state index contributed by atoms with van der Waals surface area (Å²) in [4.78, 5) is 23.6. The first-order valence-electron chi connectivity index (χ1n) is 7.01. The maximum Gasteiger partial charge on any atom is 0.310 e. The van der Waals surface area contributed by atoms with Crippen molar-refractivity contribution in [1.82, 2.24) is 0 Å². The third kappa shape index (κ3) is 2.76. The van der Waals surface area contributed by atoms with Crippen LogP contribution >= 0.6 is 0 Å². The summed E-state index contributed by atoms with van der Waals surface area (Å²) in [7, 11) is 0. The summed E-state index contributed by atoms with van der Waals surface area (Å²) < 4.78 is 10.7. The highest BCUT2D eigenvalue weighted by Crippen LogP contribution is 2.34. The van der Waals surface area contributed by atoms with Crippen molar-refractivity contribution >= 4 is 17.8 Å². The molecule has 2 aromatic rings. The van der Waals surface area contributed by atoms with E-state index in [0.717, 1.165) is 5.56 Å². The number of fused-ring (bicyclic) bond motifs is 1. The van der Waals surface area contributed by atoms with Crippen molar-refractivity contribution in [2.24, 2.45) is 0 Å². The molecule has 0 aliphatic carbocycles. The van der Waals surface area contributed by atoms with E-state index < -0.39 is 0 Å². The van der Waals surface area contributed by atoms with Gasteiger partial charge >= 0.3 is 5.97 Å². The zero-order valence-electron chi connectivity index (χ0n) is 12.0. The second-order valence-electron chi connectivity index (χ2n) is 4.84. The number of carbonyl (C=O) groups excluding carboxylic acids is 2. The van der Waals surface area contributed by atoms with Gasteiger partial charge in [-0.15, -0.1) is 0 Å². The van der Waals surface area contributed by atoms with Crippen molar-refractivity contribution in [2.75, 3.05) is 0 Å². The topological polar surface area (TPSA) is 52.6 Å². The summed E-state index contributed by atoms with van der Waals surface area (Å²) >= 11 is 0. The number of ether oxygens (including phenoxy) is 2. The molecule has 0 N–H and O–H groups in total. The Morgan fingerprint density at radius 2 is 1.95 bits per heavy atom. The van der Waals surface area contributed by atoms with Crippen LogP contribution in [0.3, 0.4) is 0 Å². The fourth-order valence-corrected chi connectivity index (χ4v) is 2.13. The molecule has 1 heterocycles. The van der Waals surface area contributed by atoms with E-state index in [1.54, 1.807) is 31.2 Å². The highest BCUT2D eigenvalue weighted by Gasteiger charge is 2.27. The maximum atomic E-state index is 12.3. The normalized spacial score (nSPS) is 14.6. The van der Waals surface area contributed by atoms with E-state index in [4.69, 9.17) is 9.47 Å². The van der Waals surface area contributed by atoms with Crippen LogP contribution in [0.1, 0.15) is 29.3 Å². The number of benzene rings is 2. The lowest BCUT2D eigenvalue weighted by Crippen LogP contribution is -2.05. The van der Waals surface area contributed by atoms with Gasteiger partial charge in [0, 0.05) is 12.5 Å². The molecule has 110 valence electrons. The molecular weight excluding hydrogens is 280 g/mol. The van der Waals surface area contributed by atoms with Gasteiger partial charge in [0.05, 0.1) is 5.56 Å². The average molecular weight is 294 g/mol. The molecule has 0 spiro atoms. The molecule has 0 aromatic heterocycles. The Bertz CT molecular complexity index is 760. The van der Waals surface area contributed by atoms with Gasteiger partial charge in [-0.1, -0.05) is 37.3 Å². The minimum absolute atomic E-state index is 0.174. The molecule has 0 amide bonds. The molecule has 0 unspecified atom stereocenters. The van der Waals surface area contributed by atoms with Crippen LogP contribution < -0.4 is 9.47 Å². The van der Waals surface area contributed by atoms with Gasteiger partial charge < -0.3 is 9.47 Å². The molecule has 0 radical (unpaired) electrons. The third-order valence-corrected chi connectivity index (χ3v) is 3.26. The van der Waals surface area contributed by atoms with Crippen LogP contribution in [0.4, 0.5) is 0 Å². The Hall–Kier alpha value is -2.88. The Balaban J connectivity index is 1.87. The number of esters is 1. The van der Waals surface area contributed by atoms with Crippen LogP contribution in [-0.4, -0.2) is 11.8 Å². The molecule has 0 atom stereocenters. The fraction of sp³-hybridized carbons (Fsp3) is 0.111. The van der Waals surface area contributed by atoms with Gasteiger partial charge in [-0.05, 0) is 23.8 Å². The van der Waals surface area contributed by atoms with Gasteiger partial charge in [-0.25, -0.2) is 0 Å². The van der Waals surface area contributed by atoms with Crippen LogP contribution in [0.5, 0.6) is 11.5 Å². The van der Waals surface area contributed by atoms with Crippen molar-refractivity contribution in [1.29, 1.82) is 0 Å². The SMILES string of the molecule is CCC(=O)Oc1ccc2c(c1)O/C(=C\c1ccccc1)C2=O. The Morgan fingerprint density at radius 1 is 1.18 bits per heavy atom. The van der Waals surface area contributed by atoms with Gasteiger partial charge in [-0.2, -0.15) is 0 Å². The molecule has 2 aromatic carbocycles. The first-order chi connectivity index (χ1) is 10.7. The lowest BCUT2D eigenvalue weighted by molar-refractivity contribution is -0.134. The number of rotatable bonds is 3. The molecular formula is C18H14O4. The van der Waals surface area contributed by atoms with E-state index in [1.807, 2.05) is 30.3 Å². The summed E-state index contributed by atoms with van der Waals surface area (Å²) in [6.07, 6.45) is 1.98. The van der Waals surface area contributed by atoms with E-state index in [9.17, 15) is 9.59 Å². The first kappa shape index (κ1) is 14.1. The molecule has 0 saturated carbocycles. The summed E-state index contributed by atoms with van der Waals surface area (Å²) in [6, 6.07) is 14.2. The molecule has 0 saturated heterocycles. The maximum absolute atomic E-state index is 12.3. The molecule has 1 aliphatic heterocycles. The zero-order valence-corrected chi connectivity index (χ0v) is 12.0. The van der Waals surface area contributed by atoms with Crippen LogP contribution in [0.25, 0.3) is 6.08 Å². The third-order valence-electron chi connectivity index (χ3n) is 3.26. The van der Waals surface area contributed by atoms with Crippen molar-refractivity contribution in [2.45, 2.75) is 13.3 Å². The zero-order chi connectivity index (χ0) is 15.5. The quantitative estimate of drug-likeness (QED) is 0.493. The number of ketones is 1. The van der Waals surface area contributed by atoms with E-state index >= 15 is 0 Å². The molecule has 1 aliphatic rings. The molecule has 3 rings (SSSR count). The predicted octanol–water partition coefficient (Wildman–Crippen LogP) is 3.62. The lowest BCUT2D eigenvalue weighted by Gasteiger charge is -2.03. The van der Waals surface area contributed by atoms with Crippen LogP contribution in [-0.2, 0) is 4.79 Å². The highest BCUT2D eigenvalue weighted by atomic mass is 16.5. The van der Waals surface area contributed by atoms with E-state index in [-0.39, 0.29) is 23.9 Å². The average Bonchev–Trinajstić information content (AvgIpc) is 2.84. The van der Waals surface area contributed by atoms with Crippen LogP contribution in [0, 0.1) is 0 Å². The van der Waals surface area contributed by atoms with Crippen molar-refractivity contribution in [3.63, 3.8) is 0 Å². The van der Waals surface area contributed by atoms with Crippen LogP contribution in [0.15, 0.2) is 54.3 Å². The second kappa shape index (κ2) is 5.85. The molecule has 0 fully saturated rings. The van der Waals surface area contributed by atoms with Gasteiger partial charge in [0.2, 0.25) is 5.78 Å². The molecule has 0 bridgehead atoms. The van der Waals surface area contributed by atoms with E-state index in [0.29, 0.717) is 17.1 Å². The molecule has 4 heteroatoms. The predicted molar refractivity (Wildman–Crippen MR) is 81.7 cm³/mol. The van der Waals surface area contributed by atoms with Gasteiger partial charge in [0.25, 0.3) is 0 Å². The number of hydrogen-bond acceptors (Lipinski definition) is 4. The number of carbonyl (C=O) groups is 2. The summed E-state index contributed by atoms with van der Waals surface area (Å²) in [6.45, 7) is 1.72. The van der Waals surface area contributed by atoms with Gasteiger partial charge in [0.15, 0.2) is 5.76 Å². The van der Waals surface area contributed by atoms with Crippen molar-refractivity contribution in [3.05, 3.63) is 65.4 Å². The van der Waals surface area contributed by atoms with Crippen molar-refractivity contribution in [3.8, 4) is 11.5 Å². The number of allylic oxidation sites excluding steroid dienone is 1. The van der Waals surface area contributed by atoms with E-state index in [2.05, 4.69) is 0 Å². The van der Waals surface area contributed by atoms with Gasteiger partial charge in [0.1, 0.15) is 11.5 Å². The summed E-state index contributed by atoms with van der Waals surface area (Å²) in [5.74, 6) is 0.546. The standard InChI is InChI=1S/C18H14O4/c1-2-17(19)21-13-8-9-14-15(11-13)22-16(18(14)20)10-12-6-4-3-5-7-12/h3-11H,2H2,1H3/b16-10-. The monoisotopic (exact) mass is 294 g/mol. The Morgan fingerprint density at radius 3 is 2.68 bits per heavy atom. The van der Waals surface area contributed by atoms with Crippen molar-refractivity contribution < 1.29 is 19.1 Å². The Labute approximate surface area is 128 Å². The molecule has 22 heavy (non-hydrogen) atoms. The minimum atomic E-state index is -0.329. The molecule has 4 nitrogen and oxygen atoms in total. The van der Waals surface area contributed by atoms with E-state index in [1.165, 1.54) is 0 Å². The number of hydrogen-bond donors (Lipinski definition) is 0. The smallest absolute Gasteiger partial charge is 0.310 e. The highest BCUT2D eigenvalue weighted by molar-refractivity contribution is 6.14.